The first-order valence-electron chi connectivity index (χ1n) is 4.77. The van der Waals surface area contributed by atoms with Gasteiger partial charge in [0.15, 0.2) is 0 Å². The second-order valence-electron chi connectivity index (χ2n) is 3.30. The Morgan fingerprint density at radius 1 is 0.917 bits per heavy atom. The zero-order valence-electron chi connectivity index (χ0n) is 8.62. The number of rotatable bonds is 5. The van der Waals surface area contributed by atoms with Gasteiger partial charge in [-0.25, -0.2) is 0 Å². The molecule has 0 amide bonds. The molecule has 0 aromatic heterocycles. The summed E-state index contributed by atoms with van der Waals surface area (Å²) in [4.78, 5) is 0. The van der Waals surface area contributed by atoms with Crippen molar-refractivity contribution in [2.45, 2.75) is 40.5 Å². The molecule has 0 aliphatic rings. The summed E-state index contributed by atoms with van der Waals surface area (Å²) in [5.74, 6) is 1.08. The molecule has 70 valence electrons. The first kappa shape index (κ1) is 11.3. The van der Waals surface area contributed by atoms with Gasteiger partial charge in [0.05, 0.1) is 0 Å². The van der Waals surface area contributed by atoms with Crippen molar-refractivity contribution >= 4 is 12.4 Å². The highest BCUT2D eigenvalue weighted by atomic mass is 15.2. The standard InChI is InChI=1S/C10H20N2/c1-5-9(3)7-11-12-8-10(4)6-2/h7-10H,5-6H2,1-4H3/b11-7+,12-8+. The molecule has 0 saturated carbocycles. The molecule has 0 rings (SSSR count). The van der Waals surface area contributed by atoms with Gasteiger partial charge < -0.3 is 0 Å². The summed E-state index contributed by atoms with van der Waals surface area (Å²) < 4.78 is 0. The Hall–Kier alpha value is -0.660. The Balaban J connectivity index is 3.65. The van der Waals surface area contributed by atoms with Crippen LogP contribution in [0.5, 0.6) is 0 Å². The second kappa shape index (κ2) is 7.01. The topological polar surface area (TPSA) is 24.7 Å². The van der Waals surface area contributed by atoms with Crippen LogP contribution in [-0.4, -0.2) is 12.4 Å². The Morgan fingerprint density at radius 2 is 1.25 bits per heavy atom. The summed E-state index contributed by atoms with van der Waals surface area (Å²) >= 11 is 0. The summed E-state index contributed by atoms with van der Waals surface area (Å²) in [7, 11) is 0. The summed E-state index contributed by atoms with van der Waals surface area (Å²) in [6, 6.07) is 0. The van der Waals surface area contributed by atoms with E-state index in [9.17, 15) is 0 Å². The van der Waals surface area contributed by atoms with Gasteiger partial charge in [0.2, 0.25) is 0 Å². The third kappa shape index (κ3) is 6.08. The molecule has 0 aliphatic heterocycles. The lowest BCUT2D eigenvalue weighted by Crippen LogP contribution is -1.93. The highest BCUT2D eigenvalue weighted by Crippen LogP contribution is 1.97. The SMILES string of the molecule is CCC(C)/C=N/N=C/C(C)CC. The lowest BCUT2D eigenvalue weighted by atomic mass is 10.1. The van der Waals surface area contributed by atoms with Gasteiger partial charge in [0.1, 0.15) is 0 Å². The van der Waals surface area contributed by atoms with Crippen molar-refractivity contribution < 1.29 is 0 Å². The minimum absolute atomic E-state index is 0.541. The molecule has 0 heterocycles. The van der Waals surface area contributed by atoms with Gasteiger partial charge in [-0.05, 0) is 24.7 Å². The van der Waals surface area contributed by atoms with Gasteiger partial charge >= 0.3 is 0 Å². The predicted octanol–water partition coefficient (Wildman–Crippen LogP) is 3.14. The fourth-order valence-corrected chi connectivity index (χ4v) is 0.515. The van der Waals surface area contributed by atoms with Crippen molar-refractivity contribution in [2.24, 2.45) is 22.0 Å². The molecule has 0 N–H and O–H groups in total. The van der Waals surface area contributed by atoms with Gasteiger partial charge in [-0.3, -0.25) is 0 Å². The number of hydrogen-bond donors (Lipinski definition) is 0. The van der Waals surface area contributed by atoms with Gasteiger partial charge in [-0.2, -0.15) is 10.2 Å². The molecule has 0 aliphatic carbocycles. The Bertz CT molecular complexity index is 132. The van der Waals surface area contributed by atoms with Gasteiger partial charge in [0.25, 0.3) is 0 Å². The average Bonchev–Trinajstić information content (AvgIpc) is 2.11. The van der Waals surface area contributed by atoms with Crippen LogP contribution in [0.1, 0.15) is 40.5 Å². The molecular formula is C10H20N2. The normalized spacial score (nSPS) is 17.3. The summed E-state index contributed by atoms with van der Waals surface area (Å²) in [5, 5.41) is 7.95. The van der Waals surface area contributed by atoms with E-state index in [4.69, 9.17) is 0 Å². The zero-order chi connectivity index (χ0) is 9.40. The monoisotopic (exact) mass is 168 g/mol. The van der Waals surface area contributed by atoms with Crippen molar-refractivity contribution in [3.05, 3.63) is 0 Å². The van der Waals surface area contributed by atoms with Crippen LogP contribution in [-0.2, 0) is 0 Å². The van der Waals surface area contributed by atoms with E-state index in [1.165, 1.54) is 0 Å². The van der Waals surface area contributed by atoms with Gasteiger partial charge in [-0.1, -0.05) is 27.7 Å². The highest BCUT2D eigenvalue weighted by Gasteiger charge is 1.91. The molecule has 12 heavy (non-hydrogen) atoms. The van der Waals surface area contributed by atoms with Crippen LogP contribution in [0.15, 0.2) is 10.2 Å². The number of hydrogen-bond acceptors (Lipinski definition) is 2. The third-order valence-corrected chi connectivity index (χ3v) is 2.00. The highest BCUT2D eigenvalue weighted by molar-refractivity contribution is 5.63. The molecular weight excluding hydrogens is 148 g/mol. The maximum Gasteiger partial charge on any atom is 0.0298 e. The van der Waals surface area contributed by atoms with Gasteiger partial charge in [-0.15, -0.1) is 0 Å². The van der Waals surface area contributed by atoms with Crippen LogP contribution in [0.4, 0.5) is 0 Å². The molecule has 2 atom stereocenters. The van der Waals surface area contributed by atoms with E-state index in [1.54, 1.807) is 0 Å². The van der Waals surface area contributed by atoms with Crippen molar-refractivity contribution in [1.82, 2.24) is 0 Å². The lowest BCUT2D eigenvalue weighted by molar-refractivity contribution is 0.744. The van der Waals surface area contributed by atoms with E-state index >= 15 is 0 Å². The Morgan fingerprint density at radius 3 is 1.50 bits per heavy atom. The smallest absolute Gasteiger partial charge is 0.0298 e. The molecule has 2 nitrogen and oxygen atoms in total. The van der Waals surface area contributed by atoms with Crippen LogP contribution >= 0.6 is 0 Å². The van der Waals surface area contributed by atoms with Crippen molar-refractivity contribution in [2.75, 3.05) is 0 Å². The quantitative estimate of drug-likeness (QED) is 0.445. The molecule has 0 fully saturated rings. The Labute approximate surface area is 75.8 Å². The van der Waals surface area contributed by atoms with E-state index in [1.807, 2.05) is 12.4 Å². The molecule has 0 aromatic rings. The van der Waals surface area contributed by atoms with Gasteiger partial charge in [0, 0.05) is 12.4 Å². The average molecular weight is 168 g/mol. The minimum atomic E-state index is 0.541. The zero-order valence-corrected chi connectivity index (χ0v) is 8.62. The second-order valence-corrected chi connectivity index (χ2v) is 3.30. The fraction of sp³-hybridized carbons (Fsp3) is 0.800. The molecule has 0 saturated heterocycles. The summed E-state index contributed by atoms with van der Waals surface area (Å²) in [6.07, 6.45) is 6.06. The third-order valence-electron chi connectivity index (χ3n) is 2.00. The van der Waals surface area contributed by atoms with E-state index < -0.39 is 0 Å². The van der Waals surface area contributed by atoms with Crippen LogP contribution in [0, 0.1) is 11.8 Å². The maximum atomic E-state index is 3.97. The molecule has 0 bridgehead atoms. The van der Waals surface area contributed by atoms with E-state index in [0.29, 0.717) is 11.8 Å². The molecule has 0 aromatic carbocycles. The van der Waals surface area contributed by atoms with Crippen molar-refractivity contribution in [3.63, 3.8) is 0 Å². The van der Waals surface area contributed by atoms with E-state index in [-0.39, 0.29) is 0 Å². The molecule has 2 unspecified atom stereocenters. The molecule has 0 spiro atoms. The van der Waals surface area contributed by atoms with Crippen molar-refractivity contribution in [3.8, 4) is 0 Å². The lowest BCUT2D eigenvalue weighted by Gasteiger charge is -1.97. The Kier molecular flexibility index (Phi) is 6.63. The summed E-state index contributed by atoms with van der Waals surface area (Å²) in [6.45, 7) is 8.58. The first-order valence-corrected chi connectivity index (χ1v) is 4.77. The number of nitrogens with zero attached hydrogens (tertiary/aromatic N) is 2. The molecule has 0 radical (unpaired) electrons. The minimum Gasteiger partial charge on any atom is -0.164 e. The fourth-order valence-electron chi connectivity index (χ4n) is 0.515. The van der Waals surface area contributed by atoms with Crippen LogP contribution in [0.2, 0.25) is 0 Å². The summed E-state index contributed by atoms with van der Waals surface area (Å²) in [5.41, 5.74) is 0. The van der Waals surface area contributed by atoms with E-state index in [0.717, 1.165) is 12.8 Å². The predicted molar refractivity (Wildman–Crippen MR) is 55.9 cm³/mol. The first-order chi connectivity index (χ1) is 5.70. The maximum absolute atomic E-state index is 3.97. The largest absolute Gasteiger partial charge is 0.164 e. The molecule has 2 heteroatoms. The van der Waals surface area contributed by atoms with E-state index in [2.05, 4.69) is 37.9 Å². The van der Waals surface area contributed by atoms with Crippen LogP contribution in [0.3, 0.4) is 0 Å². The van der Waals surface area contributed by atoms with Crippen LogP contribution < -0.4 is 0 Å². The van der Waals surface area contributed by atoms with Crippen molar-refractivity contribution in [1.29, 1.82) is 0 Å². The van der Waals surface area contributed by atoms with Crippen LogP contribution in [0.25, 0.3) is 0 Å².